The van der Waals surface area contributed by atoms with Crippen LogP contribution >= 0.6 is 23.2 Å². The summed E-state index contributed by atoms with van der Waals surface area (Å²) in [6.07, 6.45) is -10.1. The van der Waals surface area contributed by atoms with Crippen molar-refractivity contribution in [2.24, 2.45) is 0 Å². The molecular formula is C17H12Cl2F6N2O4S. The summed E-state index contributed by atoms with van der Waals surface area (Å²) in [5, 5.41) is 9.89. The van der Waals surface area contributed by atoms with Crippen molar-refractivity contribution in [2.45, 2.75) is 29.8 Å². The van der Waals surface area contributed by atoms with E-state index in [9.17, 15) is 44.7 Å². The third-order valence-corrected chi connectivity index (χ3v) is 6.04. The minimum absolute atomic E-state index is 0.209. The van der Waals surface area contributed by atoms with Crippen LogP contribution in [0.5, 0.6) is 0 Å². The van der Waals surface area contributed by atoms with Crippen LogP contribution in [0.25, 0.3) is 0 Å². The molecule has 32 heavy (non-hydrogen) atoms. The van der Waals surface area contributed by atoms with Crippen molar-refractivity contribution in [3.63, 3.8) is 0 Å². The van der Waals surface area contributed by atoms with Gasteiger partial charge in [0.25, 0.3) is 15.9 Å². The summed E-state index contributed by atoms with van der Waals surface area (Å²) in [5.41, 5.74) is -5.97. The maximum absolute atomic E-state index is 12.9. The van der Waals surface area contributed by atoms with Crippen LogP contribution in [0.3, 0.4) is 0 Å². The summed E-state index contributed by atoms with van der Waals surface area (Å²) in [4.78, 5) is 11.1. The first kappa shape index (κ1) is 26.0. The molecule has 0 radical (unpaired) electrons. The van der Waals surface area contributed by atoms with Gasteiger partial charge in [-0.05, 0) is 43.3 Å². The highest BCUT2D eigenvalue weighted by Gasteiger charge is 2.55. The van der Waals surface area contributed by atoms with Gasteiger partial charge in [0.2, 0.25) is 5.60 Å². The van der Waals surface area contributed by atoms with Crippen molar-refractivity contribution in [2.75, 3.05) is 10.0 Å². The molecule has 0 bridgehead atoms. The van der Waals surface area contributed by atoms with Gasteiger partial charge in [-0.15, -0.1) is 0 Å². The van der Waals surface area contributed by atoms with E-state index in [1.807, 2.05) is 4.72 Å². The van der Waals surface area contributed by atoms with Gasteiger partial charge in [0.15, 0.2) is 0 Å². The number of hydrogen-bond acceptors (Lipinski definition) is 4. The fourth-order valence-corrected chi connectivity index (χ4v) is 3.75. The molecule has 0 aliphatic carbocycles. The zero-order valence-corrected chi connectivity index (χ0v) is 17.9. The molecule has 176 valence electrons. The number of aliphatic hydroxyl groups is 1. The number of nitrogens with one attached hydrogen (secondary N) is 2. The van der Waals surface area contributed by atoms with Crippen molar-refractivity contribution < 1.29 is 44.7 Å². The van der Waals surface area contributed by atoms with E-state index in [0.717, 1.165) is 30.3 Å². The van der Waals surface area contributed by atoms with Crippen LogP contribution in [-0.4, -0.2) is 31.2 Å². The summed E-state index contributed by atoms with van der Waals surface area (Å²) in [7, 11) is -4.49. The third kappa shape index (κ3) is 5.57. The Morgan fingerprint density at radius 3 is 2.06 bits per heavy atom. The average Bonchev–Trinajstić information content (AvgIpc) is 2.62. The Morgan fingerprint density at radius 1 is 0.969 bits per heavy atom. The number of hydrogen-bond donors (Lipinski definition) is 3. The number of rotatable bonds is 5. The fourth-order valence-electron chi connectivity index (χ4n) is 2.16. The zero-order valence-electron chi connectivity index (χ0n) is 15.6. The largest absolute Gasteiger partial charge is 0.426 e. The average molecular weight is 525 g/mol. The predicted octanol–water partition coefficient (Wildman–Crippen LogP) is 5.06. The summed E-state index contributed by atoms with van der Waals surface area (Å²) >= 11 is 11.3. The molecule has 2 aromatic carbocycles. The first-order valence-electron chi connectivity index (χ1n) is 8.16. The number of carbonyl (C=O) groups is 1. The number of carbonyl (C=O) groups excluding carboxylic acids is 1. The topological polar surface area (TPSA) is 95.5 Å². The van der Waals surface area contributed by atoms with Gasteiger partial charge in [-0.25, -0.2) is 8.42 Å². The lowest BCUT2D eigenvalue weighted by atomic mass is 10.1. The molecule has 15 heteroatoms. The molecule has 0 saturated heterocycles. The minimum atomic E-state index is -5.30. The van der Waals surface area contributed by atoms with Crippen molar-refractivity contribution in [1.82, 2.24) is 0 Å². The van der Waals surface area contributed by atoms with Gasteiger partial charge in [-0.3, -0.25) is 9.52 Å². The molecule has 1 atom stereocenters. The lowest BCUT2D eigenvalue weighted by Gasteiger charge is -2.25. The van der Waals surface area contributed by atoms with Crippen molar-refractivity contribution >= 4 is 50.5 Å². The number of anilines is 2. The van der Waals surface area contributed by atoms with E-state index in [4.69, 9.17) is 23.2 Å². The number of amides is 1. The van der Waals surface area contributed by atoms with Crippen LogP contribution in [0.4, 0.5) is 37.7 Å². The smallest absolute Gasteiger partial charge is 0.373 e. The number of benzene rings is 2. The summed E-state index contributed by atoms with van der Waals surface area (Å²) in [5.74, 6) is -1.87. The Balaban J connectivity index is 2.30. The molecule has 3 N–H and O–H groups in total. The van der Waals surface area contributed by atoms with Crippen molar-refractivity contribution in [3.8, 4) is 0 Å². The minimum Gasteiger partial charge on any atom is -0.373 e. The summed E-state index contributed by atoms with van der Waals surface area (Å²) < 4.78 is 104. The van der Waals surface area contributed by atoms with Gasteiger partial charge >= 0.3 is 12.4 Å². The first-order valence-corrected chi connectivity index (χ1v) is 10.4. The van der Waals surface area contributed by atoms with Crippen LogP contribution in [0.1, 0.15) is 12.5 Å². The van der Waals surface area contributed by atoms with E-state index in [2.05, 4.69) is 0 Å². The highest BCUT2D eigenvalue weighted by atomic mass is 35.5. The number of halogens is 8. The Bertz CT molecular complexity index is 1150. The van der Waals surface area contributed by atoms with Gasteiger partial charge in [0, 0.05) is 5.69 Å². The van der Waals surface area contributed by atoms with E-state index in [1.54, 1.807) is 5.32 Å². The van der Waals surface area contributed by atoms with Crippen molar-refractivity contribution in [3.05, 3.63) is 52.0 Å². The SMILES string of the molecule is CC(O)(C(=O)Nc1ccc(S(=O)(=O)Nc2ccc(Cl)c(C(F)(F)F)c2)cc1Cl)C(F)(F)F. The molecule has 2 aromatic rings. The normalized spacial score (nSPS) is 14.6. The quantitative estimate of drug-likeness (QED) is 0.476. The van der Waals surface area contributed by atoms with Crippen LogP contribution in [0.15, 0.2) is 41.3 Å². The van der Waals surface area contributed by atoms with E-state index in [-0.39, 0.29) is 6.92 Å². The highest BCUT2D eigenvalue weighted by Crippen LogP contribution is 2.37. The highest BCUT2D eigenvalue weighted by molar-refractivity contribution is 7.92. The molecule has 0 aliphatic rings. The molecule has 0 saturated carbocycles. The van der Waals surface area contributed by atoms with Gasteiger partial charge in [-0.2, -0.15) is 26.3 Å². The number of alkyl halides is 6. The molecule has 1 unspecified atom stereocenters. The monoisotopic (exact) mass is 524 g/mol. The third-order valence-electron chi connectivity index (χ3n) is 4.02. The van der Waals surface area contributed by atoms with Gasteiger partial charge in [-0.1, -0.05) is 23.2 Å². The lowest BCUT2D eigenvalue weighted by Crippen LogP contribution is -2.52. The van der Waals surface area contributed by atoms with Crippen LogP contribution in [0.2, 0.25) is 10.0 Å². The van der Waals surface area contributed by atoms with E-state index in [1.165, 1.54) is 0 Å². The van der Waals surface area contributed by atoms with E-state index >= 15 is 0 Å². The second-order valence-corrected chi connectivity index (χ2v) is 8.96. The predicted molar refractivity (Wildman–Crippen MR) is 104 cm³/mol. The molecule has 0 aliphatic heterocycles. The van der Waals surface area contributed by atoms with E-state index in [0.29, 0.717) is 6.07 Å². The van der Waals surface area contributed by atoms with Gasteiger partial charge in [0.1, 0.15) is 0 Å². The van der Waals surface area contributed by atoms with Crippen LogP contribution in [0, 0.1) is 0 Å². The lowest BCUT2D eigenvalue weighted by molar-refractivity contribution is -0.242. The van der Waals surface area contributed by atoms with Crippen LogP contribution in [-0.2, 0) is 21.0 Å². The second-order valence-electron chi connectivity index (χ2n) is 6.46. The molecule has 6 nitrogen and oxygen atoms in total. The maximum atomic E-state index is 12.9. The maximum Gasteiger partial charge on any atom is 0.426 e. The Kier molecular flexibility index (Phi) is 7.01. The van der Waals surface area contributed by atoms with Crippen molar-refractivity contribution in [1.29, 1.82) is 0 Å². The summed E-state index contributed by atoms with van der Waals surface area (Å²) in [6, 6.07) is 4.68. The molecule has 0 spiro atoms. The molecule has 1 amide bonds. The van der Waals surface area contributed by atoms with E-state index < -0.39 is 65.8 Å². The molecule has 2 rings (SSSR count). The summed E-state index contributed by atoms with van der Waals surface area (Å²) in [6.45, 7) is 0.209. The molecule has 0 fully saturated rings. The second kappa shape index (κ2) is 8.61. The zero-order chi connectivity index (χ0) is 24.7. The molecular weight excluding hydrogens is 513 g/mol. The Hall–Kier alpha value is -2.22. The Morgan fingerprint density at radius 2 is 1.56 bits per heavy atom. The fraction of sp³-hybridized carbons (Fsp3) is 0.235. The van der Waals surface area contributed by atoms with Gasteiger partial charge < -0.3 is 10.4 Å². The number of sulfonamides is 1. The first-order chi connectivity index (χ1) is 14.4. The molecule has 0 aromatic heterocycles. The standard InChI is InChI=1S/C17H12Cl2F6N2O4S/c1-15(29,17(23,24)25)14(28)26-13-5-3-9(7-12(13)19)32(30,31)27-8-2-4-11(18)10(6-8)16(20,21)22/h2-7,27,29H,1H3,(H,26,28). The van der Waals surface area contributed by atoms with Crippen LogP contribution < -0.4 is 10.0 Å². The Labute approximate surface area is 187 Å². The molecule has 0 heterocycles. The van der Waals surface area contributed by atoms with Gasteiger partial charge in [0.05, 0.1) is 26.2 Å².